The van der Waals surface area contributed by atoms with Crippen LogP contribution in [0.2, 0.25) is 0 Å². The van der Waals surface area contributed by atoms with E-state index in [-0.39, 0.29) is 11.8 Å². The summed E-state index contributed by atoms with van der Waals surface area (Å²) in [6, 6.07) is 8.27. The second-order valence-electron chi connectivity index (χ2n) is 8.24. The zero-order valence-corrected chi connectivity index (χ0v) is 17.9. The average Bonchev–Trinajstić information content (AvgIpc) is 3.18. The standard InChI is InChI=1S/C22H29N7O/c1-16-4-6-19(7-5-16)29-15-18-14-24-25-21(20(18)26-29)28-11-8-17(9-12-28)22(30)23-10-13-27(2)3/h4-7,14-15,17H,8-13H2,1-3H3,(H,23,30). The number of nitrogens with zero attached hydrogens (tertiary/aromatic N) is 6. The predicted molar refractivity (Wildman–Crippen MR) is 118 cm³/mol. The van der Waals surface area contributed by atoms with Gasteiger partial charge in [-0.05, 0) is 46.0 Å². The molecule has 3 aromatic rings. The van der Waals surface area contributed by atoms with E-state index in [0.29, 0.717) is 6.54 Å². The fourth-order valence-corrected chi connectivity index (χ4v) is 3.79. The smallest absolute Gasteiger partial charge is 0.223 e. The van der Waals surface area contributed by atoms with Gasteiger partial charge in [0.25, 0.3) is 0 Å². The molecule has 0 atom stereocenters. The maximum Gasteiger partial charge on any atom is 0.223 e. The van der Waals surface area contributed by atoms with Gasteiger partial charge < -0.3 is 15.1 Å². The summed E-state index contributed by atoms with van der Waals surface area (Å²) in [6.45, 7) is 5.16. The van der Waals surface area contributed by atoms with E-state index < -0.39 is 0 Å². The Kier molecular flexibility index (Phi) is 5.94. The number of likely N-dealkylation sites (N-methyl/N-ethyl adjacent to an activating group) is 1. The molecular weight excluding hydrogens is 378 g/mol. The molecule has 1 N–H and O–H groups in total. The zero-order chi connectivity index (χ0) is 21.1. The molecule has 1 fully saturated rings. The molecule has 8 heteroatoms. The molecule has 3 heterocycles. The van der Waals surface area contributed by atoms with Crippen LogP contribution in [0.15, 0.2) is 36.7 Å². The number of aromatic nitrogens is 4. The van der Waals surface area contributed by atoms with Crippen molar-refractivity contribution in [2.45, 2.75) is 19.8 Å². The molecule has 4 rings (SSSR count). The number of aryl methyl sites for hydroxylation is 1. The van der Waals surface area contributed by atoms with E-state index in [1.54, 1.807) is 6.20 Å². The number of benzene rings is 1. The van der Waals surface area contributed by atoms with Crippen LogP contribution in [-0.2, 0) is 4.79 Å². The molecule has 0 radical (unpaired) electrons. The van der Waals surface area contributed by atoms with E-state index in [1.165, 1.54) is 5.56 Å². The van der Waals surface area contributed by atoms with Gasteiger partial charge in [-0.3, -0.25) is 4.79 Å². The molecule has 2 aromatic heterocycles. The van der Waals surface area contributed by atoms with Crippen molar-refractivity contribution < 1.29 is 4.79 Å². The van der Waals surface area contributed by atoms with Gasteiger partial charge in [0.15, 0.2) is 5.82 Å². The minimum absolute atomic E-state index is 0.0562. The summed E-state index contributed by atoms with van der Waals surface area (Å²) in [5.41, 5.74) is 3.07. The summed E-state index contributed by atoms with van der Waals surface area (Å²) in [5, 5.41) is 17.4. The molecule has 1 aliphatic rings. The number of hydrogen-bond acceptors (Lipinski definition) is 6. The second kappa shape index (κ2) is 8.79. The van der Waals surface area contributed by atoms with Crippen molar-refractivity contribution in [2.75, 3.05) is 45.2 Å². The fourth-order valence-electron chi connectivity index (χ4n) is 3.79. The molecule has 158 valence electrons. The van der Waals surface area contributed by atoms with Gasteiger partial charge in [0.2, 0.25) is 5.91 Å². The van der Waals surface area contributed by atoms with E-state index in [1.807, 2.05) is 25.0 Å². The quantitative estimate of drug-likeness (QED) is 0.674. The van der Waals surface area contributed by atoms with E-state index in [2.05, 4.69) is 56.5 Å². The van der Waals surface area contributed by atoms with Gasteiger partial charge in [-0.15, -0.1) is 5.10 Å². The number of anilines is 1. The van der Waals surface area contributed by atoms with Gasteiger partial charge in [0.05, 0.1) is 11.9 Å². The highest BCUT2D eigenvalue weighted by Crippen LogP contribution is 2.27. The van der Waals surface area contributed by atoms with Crippen LogP contribution < -0.4 is 10.2 Å². The van der Waals surface area contributed by atoms with Crippen molar-refractivity contribution in [3.8, 4) is 5.69 Å². The van der Waals surface area contributed by atoms with Crippen LogP contribution in [0.5, 0.6) is 0 Å². The largest absolute Gasteiger partial charge is 0.355 e. The average molecular weight is 408 g/mol. The molecule has 1 saturated heterocycles. The predicted octanol–water partition coefficient (Wildman–Crippen LogP) is 2.02. The molecule has 1 aliphatic heterocycles. The monoisotopic (exact) mass is 407 g/mol. The molecule has 0 bridgehead atoms. The number of rotatable bonds is 6. The Hall–Kier alpha value is -3.00. The van der Waals surface area contributed by atoms with Gasteiger partial charge in [-0.2, -0.15) is 10.2 Å². The molecule has 0 aliphatic carbocycles. The minimum Gasteiger partial charge on any atom is -0.355 e. The van der Waals surface area contributed by atoms with Crippen molar-refractivity contribution in [3.05, 3.63) is 42.2 Å². The van der Waals surface area contributed by atoms with Gasteiger partial charge in [-0.25, -0.2) is 4.68 Å². The lowest BCUT2D eigenvalue weighted by atomic mass is 9.96. The van der Waals surface area contributed by atoms with Crippen LogP contribution in [0.25, 0.3) is 16.6 Å². The molecule has 0 saturated carbocycles. The maximum absolute atomic E-state index is 12.4. The Balaban J connectivity index is 1.45. The molecule has 1 amide bonds. The highest BCUT2D eigenvalue weighted by atomic mass is 16.1. The second-order valence-corrected chi connectivity index (χ2v) is 8.24. The number of carbonyl (C=O) groups excluding carboxylic acids is 1. The molecule has 0 spiro atoms. The van der Waals surface area contributed by atoms with Gasteiger partial charge in [-0.1, -0.05) is 17.7 Å². The van der Waals surface area contributed by atoms with Gasteiger partial charge in [0.1, 0.15) is 5.52 Å². The van der Waals surface area contributed by atoms with Crippen LogP contribution in [0.3, 0.4) is 0 Å². The Morgan fingerprint density at radius 2 is 1.93 bits per heavy atom. The van der Waals surface area contributed by atoms with E-state index in [9.17, 15) is 4.79 Å². The topological polar surface area (TPSA) is 79.2 Å². The Bertz CT molecular complexity index is 1000. The highest BCUT2D eigenvalue weighted by Gasteiger charge is 2.27. The molecule has 30 heavy (non-hydrogen) atoms. The summed E-state index contributed by atoms with van der Waals surface area (Å²) < 4.78 is 1.88. The van der Waals surface area contributed by atoms with Crippen molar-refractivity contribution >= 4 is 22.6 Å². The molecular formula is C22H29N7O. The summed E-state index contributed by atoms with van der Waals surface area (Å²) in [5.74, 6) is 1.01. The lowest BCUT2D eigenvalue weighted by Crippen LogP contribution is -2.42. The molecule has 0 unspecified atom stereocenters. The van der Waals surface area contributed by atoms with Crippen LogP contribution >= 0.6 is 0 Å². The lowest BCUT2D eigenvalue weighted by Gasteiger charge is -2.31. The number of carbonyl (C=O) groups is 1. The Morgan fingerprint density at radius 3 is 2.63 bits per heavy atom. The maximum atomic E-state index is 12.4. The first kappa shape index (κ1) is 20.3. The normalized spacial score (nSPS) is 15.1. The van der Waals surface area contributed by atoms with Gasteiger partial charge >= 0.3 is 0 Å². The number of fused-ring (bicyclic) bond motifs is 1. The van der Waals surface area contributed by atoms with Crippen LogP contribution in [-0.4, -0.2) is 71.1 Å². The van der Waals surface area contributed by atoms with Crippen LogP contribution in [0.1, 0.15) is 18.4 Å². The Labute approximate surface area is 176 Å². The van der Waals surface area contributed by atoms with E-state index in [4.69, 9.17) is 5.10 Å². The fraction of sp³-hybridized carbons (Fsp3) is 0.455. The first-order valence-corrected chi connectivity index (χ1v) is 10.5. The number of nitrogens with one attached hydrogen (secondary N) is 1. The summed E-state index contributed by atoms with van der Waals surface area (Å²) in [4.78, 5) is 16.7. The van der Waals surface area contributed by atoms with Crippen molar-refractivity contribution in [3.63, 3.8) is 0 Å². The van der Waals surface area contributed by atoms with Gasteiger partial charge in [0, 0.05) is 43.7 Å². The van der Waals surface area contributed by atoms with E-state index >= 15 is 0 Å². The third-order valence-electron chi connectivity index (χ3n) is 5.63. The first-order chi connectivity index (χ1) is 14.5. The van der Waals surface area contributed by atoms with Crippen molar-refractivity contribution in [1.82, 2.24) is 30.2 Å². The SMILES string of the molecule is Cc1ccc(-n2cc3cnnc(N4CCC(C(=O)NCCN(C)C)CC4)c3n2)cc1. The molecule has 1 aromatic carbocycles. The highest BCUT2D eigenvalue weighted by molar-refractivity contribution is 5.88. The number of hydrogen-bond donors (Lipinski definition) is 1. The van der Waals surface area contributed by atoms with E-state index in [0.717, 1.165) is 54.9 Å². The first-order valence-electron chi connectivity index (χ1n) is 10.5. The minimum atomic E-state index is 0.0562. The summed E-state index contributed by atoms with van der Waals surface area (Å²) >= 11 is 0. The summed E-state index contributed by atoms with van der Waals surface area (Å²) in [7, 11) is 4.01. The van der Waals surface area contributed by atoms with Crippen LogP contribution in [0, 0.1) is 12.8 Å². The number of amides is 1. The van der Waals surface area contributed by atoms with Crippen molar-refractivity contribution in [1.29, 1.82) is 0 Å². The third-order valence-corrected chi connectivity index (χ3v) is 5.63. The number of piperidine rings is 1. The molecule has 8 nitrogen and oxygen atoms in total. The zero-order valence-electron chi connectivity index (χ0n) is 17.9. The Morgan fingerprint density at radius 1 is 1.20 bits per heavy atom. The summed E-state index contributed by atoms with van der Waals surface area (Å²) in [6.07, 6.45) is 5.36. The third kappa shape index (κ3) is 4.43. The van der Waals surface area contributed by atoms with Crippen LogP contribution in [0.4, 0.5) is 5.82 Å². The van der Waals surface area contributed by atoms with Crippen molar-refractivity contribution in [2.24, 2.45) is 5.92 Å². The lowest BCUT2D eigenvalue weighted by molar-refractivity contribution is -0.125.